The Morgan fingerprint density at radius 2 is 2.29 bits per heavy atom. The minimum absolute atomic E-state index is 0.325. The molecular weight excluding hydrogens is 358 g/mol. The van der Waals surface area contributed by atoms with E-state index in [1.54, 1.807) is 4.90 Å². The predicted octanol–water partition coefficient (Wildman–Crippen LogP) is 3.18. The first kappa shape index (κ1) is 16.7. The summed E-state index contributed by atoms with van der Waals surface area (Å²) in [5.41, 5.74) is -0.526. The number of ether oxygens (including phenoxy) is 2. The summed E-state index contributed by atoms with van der Waals surface area (Å²) in [4.78, 5) is 14.5. The fraction of sp³-hybridized carbons (Fsp3) is 0.643. The predicted molar refractivity (Wildman–Crippen MR) is 84.5 cm³/mol. The number of amides is 1. The lowest BCUT2D eigenvalue weighted by Crippen LogP contribution is -2.49. The summed E-state index contributed by atoms with van der Waals surface area (Å²) in [6.45, 7) is 6.70. The normalized spacial score (nSPS) is 21.2. The second kappa shape index (κ2) is 6.64. The van der Waals surface area contributed by atoms with Crippen LogP contribution in [0.1, 0.15) is 31.8 Å². The standard InChI is InChI=1S/C14H20BrNO4S/c1-14(2,3)20-13(18)16-6-7-19-9(8-16)12(17)10-4-5-11(15)21-10/h4-5,9,12,17H,6-8H2,1-3H3. The second-order valence-corrected chi connectivity index (χ2v) is 8.42. The number of hydrogen-bond donors (Lipinski definition) is 1. The van der Waals surface area contributed by atoms with Crippen LogP contribution in [0.25, 0.3) is 0 Å². The Hall–Kier alpha value is -0.630. The van der Waals surface area contributed by atoms with Gasteiger partial charge in [0.05, 0.1) is 16.9 Å². The van der Waals surface area contributed by atoms with E-state index in [9.17, 15) is 9.90 Å². The Morgan fingerprint density at radius 1 is 1.57 bits per heavy atom. The third-order valence-electron chi connectivity index (χ3n) is 2.98. The van der Waals surface area contributed by atoms with E-state index < -0.39 is 17.8 Å². The monoisotopic (exact) mass is 377 g/mol. The largest absolute Gasteiger partial charge is 0.444 e. The van der Waals surface area contributed by atoms with Crippen molar-refractivity contribution in [2.24, 2.45) is 0 Å². The molecule has 1 aliphatic heterocycles. The summed E-state index contributed by atoms with van der Waals surface area (Å²) in [5, 5.41) is 10.4. The van der Waals surface area contributed by atoms with Gasteiger partial charge in [0.1, 0.15) is 17.8 Å². The van der Waals surface area contributed by atoms with E-state index in [0.717, 1.165) is 8.66 Å². The highest BCUT2D eigenvalue weighted by molar-refractivity contribution is 9.11. The van der Waals surface area contributed by atoms with Gasteiger partial charge in [0.2, 0.25) is 0 Å². The van der Waals surface area contributed by atoms with Gasteiger partial charge >= 0.3 is 6.09 Å². The topological polar surface area (TPSA) is 59.0 Å². The van der Waals surface area contributed by atoms with Crippen molar-refractivity contribution in [3.8, 4) is 0 Å². The van der Waals surface area contributed by atoms with Gasteiger partial charge in [-0.05, 0) is 48.8 Å². The molecule has 5 nitrogen and oxygen atoms in total. The van der Waals surface area contributed by atoms with E-state index in [0.29, 0.717) is 19.7 Å². The molecule has 1 amide bonds. The highest BCUT2D eigenvalue weighted by atomic mass is 79.9. The summed E-state index contributed by atoms with van der Waals surface area (Å²) >= 11 is 4.84. The highest BCUT2D eigenvalue weighted by Crippen LogP contribution is 2.31. The number of aliphatic hydroxyl groups is 1. The molecule has 1 aromatic heterocycles. The van der Waals surface area contributed by atoms with Gasteiger partial charge in [-0.1, -0.05) is 0 Å². The lowest BCUT2D eigenvalue weighted by Gasteiger charge is -2.35. The Bertz CT molecular complexity index is 499. The third-order valence-corrected chi connectivity index (χ3v) is 4.68. The molecule has 0 saturated carbocycles. The maximum Gasteiger partial charge on any atom is 0.410 e. The molecule has 21 heavy (non-hydrogen) atoms. The van der Waals surface area contributed by atoms with E-state index in [-0.39, 0.29) is 6.09 Å². The quantitative estimate of drug-likeness (QED) is 0.859. The van der Waals surface area contributed by atoms with E-state index in [4.69, 9.17) is 9.47 Å². The molecule has 1 aromatic rings. The molecule has 1 N–H and O–H groups in total. The van der Waals surface area contributed by atoms with Crippen molar-refractivity contribution in [2.75, 3.05) is 19.7 Å². The fourth-order valence-electron chi connectivity index (χ4n) is 2.03. The van der Waals surface area contributed by atoms with Crippen molar-refractivity contribution in [1.29, 1.82) is 0 Å². The summed E-state index contributed by atoms with van der Waals surface area (Å²) in [7, 11) is 0. The Labute approximate surface area is 137 Å². The number of hydrogen-bond acceptors (Lipinski definition) is 5. The maximum atomic E-state index is 12.1. The molecule has 2 rings (SSSR count). The van der Waals surface area contributed by atoms with Crippen LogP contribution in [0, 0.1) is 0 Å². The van der Waals surface area contributed by atoms with Crippen molar-refractivity contribution in [3.05, 3.63) is 20.8 Å². The molecule has 0 aromatic carbocycles. The summed E-state index contributed by atoms with van der Waals surface area (Å²) < 4.78 is 11.9. The van der Waals surface area contributed by atoms with Crippen molar-refractivity contribution in [2.45, 2.75) is 38.6 Å². The van der Waals surface area contributed by atoms with Crippen LogP contribution in [-0.2, 0) is 9.47 Å². The molecular formula is C14H20BrNO4S. The molecule has 2 heterocycles. The van der Waals surface area contributed by atoms with Crippen LogP contribution in [0.5, 0.6) is 0 Å². The number of carbonyl (C=O) groups excluding carboxylic acids is 1. The van der Waals surface area contributed by atoms with E-state index in [1.165, 1.54) is 11.3 Å². The maximum absolute atomic E-state index is 12.1. The molecule has 0 radical (unpaired) electrons. The van der Waals surface area contributed by atoms with E-state index in [1.807, 2.05) is 32.9 Å². The smallest absolute Gasteiger partial charge is 0.410 e. The van der Waals surface area contributed by atoms with Gasteiger partial charge in [-0.15, -0.1) is 11.3 Å². The molecule has 1 fully saturated rings. The summed E-state index contributed by atoms with van der Waals surface area (Å²) in [5.74, 6) is 0. The molecule has 7 heteroatoms. The van der Waals surface area contributed by atoms with Crippen LogP contribution in [0.2, 0.25) is 0 Å². The third kappa shape index (κ3) is 4.67. The minimum Gasteiger partial charge on any atom is -0.444 e. The van der Waals surface area contributed by atoms with Crippen molar-refractivity contribution >= 4 is 33.4 Å². The number of thiophene rings is 1. The molecule has 118 valence electrons. The molecule has 0 aliphatic carbocycles. The zero-order valence-corrected chi connectivity index (χ0v) is 14.7. The van der Waals surface area contributed by atoms with Crippen LogP contribution in [0.4, 0.5) is 4.79 Å². The van der Waals surface area contributed by atoms with Crippen LogP contribution in [0.15, 0.2) is 15.9 Å². The Balaban J connectivity index is 1.98. The highest BCUT2D eigenvalue weighted by Gasteiger charge is 2.32. The first-order valence-electron chi connectivity index (χ1n) is 6.79. The van der Waals surface area contributed by atoms with Gasteiger partial charge in [0, 0.05) is 11.4 Å². The SMILES string of the molecule is CC(C)(C)OC(=O)N1CCOC(C(O)c2ccc(Br)s2)C1. The lowest BCUT2D eigenvalue weighted by atomic mass is 10.1. The molecule has 2 atom stereocenters. The van der Waals surface area contributed by atoms with E-state index in [2.05, 4.69) is 15.9 Å². The minimum atomic E-state index is -0.744. The van der Waals surface area contributed by atoms with Crippen molar-refractivity contribution in [3.63, 3.8) is 0 Å². The van der Waals surface area contributed by atoms with Gasteiger partial charge in [0.15, 0.2) is 0 Å². The lowest BCUT2D eigenvalue weighted by molar-refractivity contribution is -0.0898. The van der Waals surface area contributed by atoms with Crippen LogP contribution in [-0.4, -0.2) is 47.5 Å². The van der Waals surface area contributed by atoms with Crippen LogP contribution in [0.3, 0.4) is 0 Å². The van der Waals surface area contributed by atoms with E-state index >= 15 is 0 Å². The van der Waals surface area contributed by atoms with Gasteiger partial charge in [-0.3, -0.25) is 0 Å². The zero-order valence-electron chi connectivity index (χ0n) is 12.3. The Morgan fingerprint density at radius 3 is 2.86 bits per heavy atom. The molecule has 0 spiro atoms. The van der Waals surface area contributed by atoms with Crippen molar-refractivity contribution < 1.29 is 19.4 Å². The number of halogens is 1. The number of rotatable bonds is 2. The second-order valence-electron chi connectivity index (χ2n) is 5.92. The summed E-state index contributed by atoms with van der Waals surface area (Å²) in [6, 6.07) is 3.74. The number of carbonyl (C=O) groups is 1. The first-order valence-corrected chi connectivity index (χ1v) is 8.40. The zero-order chi connectivity index (χ0) is 15.6. The number of aliphatic hydroxyl groups excluding tert-OH is 1. The number of morpholine rings is 1. The van der Waals surface area contributed by atoms with Crippen LogP contribution < -0.4 is 0 Å². The average Bonchev–Trinajstić information content (AvgIpc) is 2.83. The first-order chi connectivity index (χ1) is 9.76. The average molecular weight is 378 g/mol. The molecule has 1 saturated heterocycles. The molecule has 1 aliphatic rings. The van der Waals surface area contributed by atoms with Crippen molar-refractivity contribution in [1.82, 2.24) is 4.90 Å². The molecule has 0 bridgehead atoms. The summed E-state index contributed by atoms with van der Waals surface area (Å²) in [6.07, 6.45) is -1.54. The fourth-order valence-corrected chi connectivity index (χ4v) is 3.49. The van der Waals surface area contributed by atoms with Gasteiger partial charge in [0.25, 0.3) is 0 Å². The van der Waals surface area contributed by atoms with Gasteiger partial charge in [-0.25, -0.2) is 4.79 Å². The molecule has 2 unspecified atom stereocenters. The number of nitrogens with zero attached hydrogens (tertiary/aromatic N) is 1. The van der Waals surface area contributed by atoms with Gasteiger partial charge in [-0.2, -0.15) is 0 Å². The van der Waals surface area contributed by atoms with Gasteiger partial charge < -0.3 is 19.5 Å². The Kier molecular flexibility index (Phi) is 5.29. The van der Waals surface area contributed by atoms with Crippen LogP contribution >= 0.6 is 27.3 Å².